The van der Waals surface area contributed by atoms with Crippen LogP contribution in [0.3, 0.4) is 0 Å². The summed E-state index contributed by atoms with van der Waals surface area (Å²) in [6.07, 6.45) is 0. The molecule has 0 unspecified atom stereocenters. The fraction of sp³-hybridized carbons (Fsp3) is 0.400. The zero-order valence-corrected chi connectivity index (χ0v) is 8.92. The van der Waals surface area contributed by atoms with Crippen molar-refractivity contribution in [3.05, 3.63) is 17.1 Å². The molecule has 0 aliphatic heterocycles. The summed E-state index contributed by atoms with van der Waals surface area (Å²) in [7, 11) is 1.97. The van der Waals surface area contributed by atoms with Gasteiger partial charge in [-0.15, -0.1) is 0 Å². The number of aromatic nitrogens is 3. The van der Waals surface area contributed by atoms with Gasteiger partial charge in [-0.3, -0.25) is 0 Å². The van der Waals surface area contributed by atoms with Gasteiger partial charge in [-0.2, -0.15) is 0 Å². The Hall–Kier alpha value is -1.58. The van der Waals surface area contributed by atoms with Gasteiger partial charge in [0.15, 0.2) is 5.65 Å². The molecule has 0 fully saturated rings. The van der Waals surface area contributed by atoms with Crippen molar-refractivity contribution in [2.75, 3.05) is 5.73 Å². The lowest BCUT2D eigenvalue weighted by atomic mass is 10.2. The Bertz CT molecular complexity index is 511. The molecule has 0 atom stereocenters. The van der Waals surface area contributed by atoms with Crippen molar-refractivity contribution < 1.29 is 0 Å². The number of nitrogens with zero attached hydrogens (tertiary/aromatic N) is 3. The van der Waals surface area contributed by atoms with Gasteiger partial charge in [0.2, 0.25) is 0 Å². The first-order chi connectivity index (χ1) is 6.52. The molecule has 2 aromatic heterocycles. The summed E-state index contributed by atoms with van der Waals surface area (Å²) in [5, 5.41) is 0. The predicted molar refractivity (Wildman–Crippen MR) is 57.1 cm³/mol. The van der Waals surface area contributed by atoms with Crippen molar-refractivity contribution in [2.45, 2.75) is 20.8 Å². The maximum absolute atomic E-state index is 5.90. The molecule has 0 radical (unpaired) electrons. The van der Waals surface area contributed by atoms with Crippen LogP contribution in [0.2, 0.25) is 0 Å². The molecule has 2 rings (SSSR count). The minimum absolute atomic E-state index is 0.746. The summed E-state index contributed by atoms with van der Waals surface area (Å²) in [6.45, 7) is 5.87. The van der Waals surface area contributed by atoms with E-state index in [1.165, 1.54) is 0 Å². The topological polar surface area (TPSA) is 56.7 Å². The largest absolute Gasteiger partial charge is 0.397 e. The van der Waals surface area contributed by atoms with Gasteiger partial charge in [0, 0.05) is 12.6 Å². The Morgan fingerprint density at radius 1 is 1.14 bits per heavy atom. The Labute approximate surface area is 82.8 Å². The Morgan fingerprint density at radius 3 is 2.43 bits per heavy atom. The molecule has 2 aromatic rings. The first kappa shape index (κ1) is 8.99. The molecule has 2 N–H and O–H groups in total. The molecule has 14 heavy (non-hydrogen) atoms. The number of imidazole rings is 1. The molecule has 0 aliphatic carbocycles. The predicted octanol–water partition coefficient (Wildman–Crippen LogP) is 1.48. The van der Waals surface area contributed by atoms with Crippen LogP contribution < -0.4 is 5.73 Å². The van der Waals surface area contributed by atoms with E-state index >= 15 is 0 Å². The number of fused-ring (bicyclic) bond motifs is 1. The zero-order valence-electron chi connectivity index (χ0n) is 8.92. The summed E-state index contributed by atoms with van der Waals surface area (Å²) in [6, 6.07) is 0. The van der Waals surface area contributed by atoms with Crippen molar-refractivity contribution in [1.82, 2.24) is 14.5 Å². The minimum Gasteiger partial charge on any atom is -0.397 e. The number of nitrogens with two attached hydrogens (primary N) is 1. The van der Waals surface area contributed by atoms with Crippen LogP contribution in [0, 0.1) is 20.8 Å². The van der Waals surface area contributed by atoms with E-state index in [0.29, 0.717) is 0 Å². The molecule has 0 amide bonds. The fourth-order valence-electron chi connectivity index (χ4n) is 1.60. The van der Waals surface area contributed by atoms with Crippen molar-refractivity contribution in [3.63, 3.8) is 0 Å². The van der Waals surface area contributed by atoms with Crippen LogP contribution >= 0.6 is 0 Å². The van der Waals surface area contributed by atoms with Gasteiger partial charge in [-0.1, -0.05) is 0 Å². The van der Waals surface area contributed by atoms with Crippen molar-refractivity contribution in [3.8, 4) is 0 Å². The van der Waals surface area contributed by atoms with E-state index in [1.807, 2.05) is 32.4 Å². The van der Waals surface area contributed by atoms with E-state index in [0.717, 1.165) is 33.9 Å². The maximum Gasteiger partial charge on any atom is 0.160 e. The first-order valence-corrected chi connectivity index (χ1v) is 4.58. The van der Waals surface area contributed by atoms with Crippen LogP contribution in [0.25, 0.3) is 11.2 Å². The van der Waals surface area contributed by atoms with E-state index in [4.69, 9.17) is 5.73 Å². The summed E-state index contributed by atoms with van der Waals surface area (Å²) < 4.78 is 1.98. The highest BCUT2D eigenvalue weighted by Crippen LogP contribution is 2.23. The molecule has 0 aliphatic rings. The third-order valence-electron chi connectivity index (χ3n) is 2.71. The number of anilines is 1. The number of hydrogen-bond acceptors (Lipinski definition) is 3. The Morgan fingerprint density at radius 2 is 1.79 bits per heavy atom. The lowest BCUT2D eigenvalue weighted by molar-refractivity contribution is 0.872. The third-order valence-corrected chi connectivity index (χ3v) is 2.71. The van der Waals surface area contributed by atoms with Crippen LogP contribution in [0.5, 0.6) is 0 Å². The molecular formula is C10H14N4. The van der Waals surface area contributed by atoms with E-state index in [2.05, 4.69) is 9.97 Å². The SMILES string of the molecule is Cc1nc2c(nc(C)n2C)c(C)c1N. The van der Waals surface area contributed by atoms with Gasteiger partial charge in [0.05, 0.1) is 11.4 Å². The molecule has 4 heteroatoms. The van der Waals surface area contributed by atoms with Crippen LogP contribution in [0.15, 0.2) is 0 Å². The number of hydrogen-bond donors (Lipinski definition) is 1. The third kappa shape index (κ3) is 0.999. The highest BCUT2D eigenvalue weighted by Gasteiger charge is 2.11. The van der Waals surface area contributed by atoms with Gasteiger partial charge >= 0.3 is 0 Å². The second-order valence-corrected chi connectivity index (χ2v) is 3.63. The molecule has 0 saturated heterocycles. The standard InChI is InChI=1S/C10H14N4/c1-5-8(11)6(2)12-10-9(5)13-7(3)14(10)4/h11H2,1-4H3. The lowest BCUT2D eigenvalue weighted by Gasteiger charge is -2.04. The lowest BCUT2D eigenvalue weighted by Crippen LogP contribution is -1.99. The maximum atomic E-state index is 5.90. The normalized spacial score (nSPS) is 11.1. The van der Waals surface area contributed by atoms with Gasteiger partial charge in [-0.25, -0.2) is 9.97 Å². The van der Waals surface area contributed by atoms with Crippen LogP contribution in [-0.4, -0.2) is 14.5 Å². The molecule has 0 spiro atoms. The van der Waals surface area contributed by atoms with Crippen LogP contribution in [-0.2, 0) is 7.05 Å². The molecular weight excluding hydrogens is 176 g/mol. The number of aryl methyl sites for hydroxylation is 4. The van der Waals surface area contributed by atoms with E-state index < -0.39 is 0 Å². The quantitative estimate of drug-likeness (QED) is 0.684. The highest BCUT2D eigenvalue weighted by atomic mass is 15.1. The van der Waals surface area contributed by atoms with Gasteiger partial charge in [-0.05, 0) is 20.8 Å². The molecule has 0 aromatic carbocycles. The zero-order chi connectivity index (χ0) is 10.5. The Balaban J connectivity index is 2.98. The van der Waals surface area contributed by atoms with Gasteiger partial charge in [0.1, 0.15) is 11.3 Å². The monoisotopic (exact) mass is 190 g/mol. The van der Waals surface area contributed by atoms with Gasteiger partial charge < -0.3 is 10.3 Å². The molecule has 0 bridgehead atoms. The molecule has 0 saturated carbocycles. The summed E-state index contributed by atoms with van der Waals surface area (Å²) >= 11 is 0. The minimum atomic E-state index is 0.746. The smallest absolute Gasteiger partial charge is 0.160 e. The van der Waals surface area contributed by atoms with Crippen LogP contribution in [0.1, 0.15) is 17.1 Å². The average molecular weight is 190 g/mol. The van der Waals surface area contributed by atoms with E-state index in [1.54, 1.807) is 0 Å². The summed E-state index contributed by atoms with van der Waals surface area (Å²) in [5.41, 5.74) is 10.4. The van der Waals surface area contributed by atoms with Crippen LogP contribution in [0.4, 0.5) is 5.69 Å². The Kier molecular flexibility index (Phi) is 1.74. The highest BCUT2D eigenvalue weighted by molar-refractivity contribution is 5.81. The molecule has 74 valence electrons. The van der Waals surface area contributed by atoms with E-state index in [9.17, 15) is 0 Å². The first-order valence-electron chi connectivity index (χ1n) is 4.58. The molecule has 4 nitrogen and oxygen atoms in total. The van der Waals surface area contributed by atoms with E-state index in [-0.39, 0.29) is 0 Å². The van der Waals surface area contributed by atoms with Crippen molar-refractivity contribution >= 4 is 16.9 Å². The number of nitrogen functional groups attached to an aromatic ring is 1. The fourth-order valence-corrected chi connectivity index (χ4v) is 1.60. The second kappa shape index (κ2) is 2.70. The number of rotatable bonds is 0. The van der Waals surface area contributed by atoms with Crippen molar-refractivity contribution in [1.29, 1.82) is 0 Å². The summed E-state index contributed by atoms with van der Waals surface area (Å²) in [5.74, 6) is 0.959. The average Bonchev–Trinajstić information content (AvgIpc) is 2.42. The second-order valence-electron chi connectivity index (χ2n) is 3.63. The van der Waals surface area contributed by atoms with Crippen molar-refractivity contribution in [2.24, 2.45) is 7.05 Å². The number of pyridine rings is 1. The molecule has 2 heterocycles. The van der Waals surface area contributed by atoms with Gasteiger partial charge in [0.25, 0.3) is 0 Å². The summed E-state index contributed by atoms with van der Waals surface area (Å²) in [4.78, 5) is 8.87.